The number of aromatic nitrogens is 3. The molecule has 0 bridgehead atoms. The Hall–Kier alpha value is -3.29. The van der Waals surface area contributed by atoms with Gasteiger partial charge in [-0.25, -0.2) is 4.79 Å². The van der Waals surface area contributed by atoms with Crippen LogP contribution in [0.15, 0.2) is 45.2 Å². The highest BCUT2D eigenvalue weighted by atomic mass is 16.3. The maximum Gasteiger partial charge on any atom is 0.333 e. The van der Waals surface area contributed by atoms with Gasteiger partial charge in [0.2, 0.25) is 5.88 Å². The molecule has 4 rings (SSSR count). The summed E-state index contributed by atoms with van der Waals surface area (Å²) in [6.45, 7) is 0. The number of rotatable bonds is 2. The zero-order valence-electron chi connectivity index (χ0n) is 13.8. The predicted molar refractivity (Wildman–Crippen MR) is 93.9 cm³/mol. The lowest BCUT2D eigenvalue weighted by Gasteiger charge is -2.11. The molecule has 2 aromatic heterocycles. The minimum atomic E-state index is -0.578. The van der Waals surface area contributed by atoms with Crippen molar-refractivity contribution in [2.45, 2.75) is 12.5 Å². The molecule has 3 aromatic rings. The van der Waals surface area contributed by atoms with Gasteiger partial charge < -0.3 is 15.5 Å². The first kappa shape index (κ1) is 15.3. The van der Waals surface area contributed by atoms with E-state index in [9.17, 15) is 14.7 Å². The van der Waals surface area contributed by atoms with Gasteiger partial charge in [-0.2, -0.15) is 5.10 Å². The van der Waals surface area contributed by atoms with Crippen LogP contribution in [0.4, 0.5) is 0 Å². The number of nitrogens with zero attached hydrogens (tertiary/aromatic N) is 3. The maximum absolute atomic E-state index is 12.4. The smallest absolute Gasteiger partial charge is 0.333 e. The van der Waals surface area contributed by atoms with Crippen LogP contribution in [0, 0.1) is 0 Å². The quantitative estimate of drug-likeness (QED) is 0.639. The zero-order valence-corrected chi connectivity index (χ0v) is 13.8. The third-order valence-corrected chi connectivity index (χ3v) is 4.67. The SMILES string of the molecule is Cn1c(O)c(C2=NNC(c3c[nH]c4ccccc34)C2)c(=O)n(C)c1=O. The lowest BCUT2D eigenvalue weighted by molar-refractivity contribution is 0.410. The summed E-state index contributed by atoms with van der Waals surface area (Å²) in [5.41, 5.74) is 4.44. The molecule has 0 saturated heterocycles. The van der Waals surface area contributed by atoms with Crippen LogP contribution in [0.2, 0.25) is 0 Å². The molecule has 1 aromatic carbocycles. The van der Waals surface area contributed by atoms with E-state index in [0.29, 0.717) is 12.1 Å². The largest absolute Gasteiger partial charge is 0.494 e. The number of para-hydroxylation sites is 1. The lowest BCUT2D eigenvalue weighted by atomic mass is 9.99. The normalized spacial score (nSPS) is 16.9. The Kier molecular flexibility index (Phi) is 3.28. The van der Waals surface area contributed by atoms with E-state index in [-0.39, 0.29) is 17.5 Å². The molecule has 0 fully saturated rings. The van der Waals surface area contributed by atoms with Crippen molar-refractivity contribution in [2.24, 2.45) is 19.2 Å². The van der Waals surface area contributed by atoms with Crippen LogP contribution < -0.4 is 16.7 Å². The van der Waals surface area contributed by atoms with E-state index in [2.05, 4.69) is 15.5 Å². The summed E-state index contributed by atoms with van der Waals surface area (Å²) in [6, 6.07) is 7.81. The van der Waals surface area contributed by atoms with E-state index in [0.717, 1.165) is 25.6 Å². The van der Waals surface area contributed by atoms with Gasteiger partial charge in [-0.1, -0.05) is 18.2 Å². The van der Waals surface area contributed by atoms with Crippen molar-refractivity contribution >= 4 is 16.6 Å². The third-order valence-electron chi connectivity index (χ3n) is 4.67. The van der Waals surface area contributed by atoms with Gasteiger partial charge in [0.1, 0.15) is 5.56 Å². The van der Waals surface area contributed by atoms with Crippen molar-refractivity contribution in [1.82, 2.24) is 19.5 Å². The number of hydrogen-bond acceptors (Lipinski definition) is 5. The Bertz CT molecular complexity index is 1140. The predicted octanol–water partition coefficient (Wildman–Crippen LogP) is 0.710. The van der Waals surface area contributed by atoms with Crippen molar-refractivity contribution in [1.29, 1.82) is 0 Å². The number of hydrogen-bond donors (Lipinski definition) is 3. The fraction of sp³-hybridized carbons (Fsp3) is 0.235. The minimum absolute atomic E-state index is 0.0550. The van der Waals surface area contributed by atoms with Gasteiger partial charge in [0.25, 0.3) is 5.56 Å². The van der Waals surface area contributed by atoms with Gasteiger partial charge in [0.05, 0.1) is 11.8 Å². The Morgan fingerprint density at radius 3 is 2.76 bits per heavy atom. The van der Waals surface area contributed by atoms with Gasteiger partial charge in [-0.15, -0.1) is 0 Å². The molecule has 0 saturated carbocycles. The molecule has 0 aliphatic carbocycles. The molecule has 1 aliphatic heterocycles. The van der Waals surface area contributed by atoms with Crippen LogP contribution in [0.1, 0.15) is 23.6 Å². The Morgan fingerprint density at radius 2 is 1.96 bits per heavy atom. The molecular weight excluding hydrogens is 322 g/mol. The molecule has 0 amide bonds. The second-order valence-corrected chi connectivity index (χ2v) is 6.14. The second-order valence-electron chi connectivity index (χ2n) is 6.14. The van der Waals surface area contributed by atoms with Crippen LogP contribution in [0.25, 0.3) is 10.9 Å². The van der Waals surface area contributed by atoms with E-state index in [4.69, 9.17) is 0 Å². The van der Waals surface area contributed by atoms with E-state index >= 15 is 0 Å². The van der Waals surface area contributed by atoms with Gasteiger partial charge >= 0.3 is 5.69 Å². The standard InChI is InChI=1S/C17H17N5O3/c1-21-15(23)14(16(24)22(2)17(21)25)13-7-12(19-20-13)10-8-18-11-6-4-3-5-9(10)11/h3-6,8,12,18-19,23H,7H2,1-2H3. The van der Waals surface area contributed by atoms with Crippen molar-refractivity contribution in [3.63, 3.8) is 0 Å². The number of aromatic amines is 1. The van der Waals surface area contributed by atoms with Crippen molar-refractivity contribution in [3.05, 3.63) is 62.4 Å². The van der Waals surface area contributed by atoms with Gasteiger partial charge in [0.15, 0.2) is 0 Å². The first-order valence-electron chi connectivity index (χ1n) is 7.86. The summed E-state index contributed by atoms with van der Waals surface area (Å²) < 4.78 is 2.01. The van der Waals surface area contributed by atoms with E-state index in [1.54, 1.807) is 0 Å². The van der Waals surface area contributed by atoms with Crippen LogP contribution >= 0.6 is 0 Å². The minimum Gasteiger partial charge on any atom is -0.494 e. The summed E-state index contributed by atoms with van der Waals surface area (Å²) in [6.07, 6.45) is 2.35. The van der Waals surface area contributed by atoms with Gasteiger partial charge in [-0.05, 0) is 6.07 Å². The summed E-state index contributed by atoms with van der Waals surface area (Å²) in [5, 5.41) is 15.6. The Balaban J connectivity index is 1.75. The average molecular weight is 339 g/mol. The molecule has 3 N–H and O–H groups in total. The van der Waals surface area contributed by atoms with Gasteiger partial charge in [0, 0.05) is 43.2 Å². The summed E-state index contributed by atoms with van der Waals surface area (Å²) in [4.78, 5) is 27.5. The monoisotopic (exact) mass is 339 g/mol. The number of aromatic hydroxyl groups is 1. The van der Waals surface area contributed by atoms with E-state index in [1.165, 1.54) is 14.1 Å². The molecule has 0 spiro atoms. The Labute approximate surface area is 142 Å². The number of hydrazone groups is 1. The molecule has 8 heteroatoms. The molecule has 25 heavy (non-hydrogen) atoms. The first-order chi connectivity index (χ1) is 12.0. The van der Waals surface area contributed by atoms with Crippen LogP contribution in [0.3, 0.4) is 0 Å². The highest BCUT2D eigenvalue weighted by Gasteiger charge is 2.28. The summed E-state index contributed by atoms with van der Waals surface area (Å²) in [5.74, 6) is -0.367. The highest BCUT2D eigenvalue weighted by molar-refractivity contribution is 6.03. The number of H-pyrrole nitrogens is 1. The topological polar surface area (TPSA) is 104 Å². The molecule has 1 aliphatic rings. The van der Waals surface area contributed by atoms with Crippen LogP contribution in [0.5, 0.6) is 5.88 Å². The molecule has 128 valence electrons. The fourth-order valence-electron chi connectivity index (χ4n) is 3.25. The zero-order chi connectivity index (χ0) is 17.7. The maximum atomic E-state index is 12.4. The van der Waals surface area contributed by atoms with Crippen molar-refractivity contribution in [3.8, 4) is 5.88 Å². The summed E-state index contributed by atoms with van der Waals surface area (Å²) >= 11 is 0. The second kappa shape index (κ2) is 5.37. The lowest BCUT2D eigenvalue weighted by Crippen LogP contribution is -2.39. The highest BCUT2D eigenvalue weighted by Crippen LogP contribution is 2.30. The first-order valence-corrected chi connectivity index (χ1v) is 7.86. The molecule has 1 atom stereocenters. The molecule has 1 unspecified atom stereocenters. The van der Waals surface area contributed by atoms with Crippen LogP contribution in [-0.4, -0.2) is 24.9 Å². The number of benzene rings is 1. The van der Waals surface area contributed by atoms with Gasteiger partial charge in [-0.3, -0.25) is 13.9 Å². The van der Waals surface area contributed by atoms with Crippen molar-refractivity contribution in [2.75, 3.05) is 0 Å². The Morgan fingerprint density at radius 1 is 1.20 bits per heavy atom. The third kappa shape index (κ3) is 2.18. The molecule has 0 radical (unpaired) electrons. The van der Waals surface area contributed by atoms with Crippen molar-refractivity contribution < 1.29 is 5.11 Å². The fourth-order valence-corrected chi connectivity index (χ4v) is 3.25. The number of fused-ring (bicyclic) bond motifs is 1. The van der Waals surface area contributed by atoms with Crippen LogP contribution in [-0.2, 0) is 14.1 Å². The average Bonchev–Trinajstić information content (AvgIpc) is 3.25. The molecule has 8 nitrogen and oxygen atoms in total. The number of nitrogens with one attached hydrogen (secondary N) is 2. The molecule has 3 heterocycles. The molecular formula is C17H17N5O3. The summed E-state index contributed by atoms with van der Waals surface area (Å²) in [7, 11) is 2.80. The van der Waals surface area contributed by atoms with E-state index < -0.39 is 11.2 Å². The van der Waals surface area contributed by atoms with E-state index in [1.807, 2.05) is 30.5 Å².